The summed E-state index contributed by atoms with van der Waals surface area (Å²) in [7, 11) is 4.10. The summed E-state index contributed by atoms with van der Waals surface area (Å²) in [5.74, 6) is 0.640. The van der Waals surface area contributed by atoms with Gasteiger partial charge in [-0.25, -0.2) is 0 Å². The molecule has 0 aliphatic heterocycles. The number of carbonyl (C=O) groups excluding carboxylic acids is 1. The molecule has 16 heavy (non-hydrogen) atoms. The molecular formula is C12H19N2O2+. The Morgan fingerprint density at radius 1 is 1.31 bits per heavy atom. The van der Waals surface area contributed by atoms with Gasteiger partial charge in [0.1, 0.15) is 5.75 Å². The highest BCUT2D eigenvalue weighted by Gasteiger charge is 2.02. The standard InChI is InChI=1S/C12H18N2O2/c1-14(2)9-8-13-12(15)10-16-11-6-4-3-5-7-11/h3-7H,8-10H2,1-2H3,(H,13,15)/p+1. The fourth-order valence-electron chi connectivity index (χ4n) is 1.17. The average molecular weight is 223 g/mol. The summed E-state index contributed by atoms with van der Waals surface area (Å²) in [4.78, 5) is 12.7. The third-order valence-corrected chi connectivity index (χ3v) is 2.06. The molecule has 2 N–H and O–H groups in total. The molecule has 4 heteroatoms. The number of ether oxygens (including phenoxy) is 1. The van der Waals surface area contributed by atoms with E-state index in [1.807, 2.05) is 44.4 Å². The van der Waals surface area contributed by atoms with E-state index >= 15 is 0 Å². The SMILES string of the molecule is C[NH+](C)CCNC(=O)COc1ccccc1. The van der Waals surface area contributed by atoms with Crippen molar-refractivity contribution >= 4 is 5.91 Å². The molecule has 0 saturated carbocycles. The largest absolute Gasteiger partial charge is 0.484 e. The highest BCUT2D eigenvalue weighted by atomic mass is 16.5. The van der Waals surface area contributed by atoms with Crippen LogP contribution >= 0.6 is 0 Å². The number of rotatable bonds is 6. The summed E-state index contributed by atoms with van der Waals surface area (Å²) in [6.07, 6.45) is 0. The molecule has 1 amide bonds. The lowest BCUT2D eigenvalue weighted by Crippen LogP contribution is -3.06. The lowest BCUT2D eigenvalue weighted by molar-refractivity contribution is -0.856. The van der Waals surface area contributed by atoms with Gasteiger partial charge in [0.25, 0.3) is 5.91 Å². The van der Waals surface area contributed by atoms with Gasteiger partial charge in [0.2, 0.25) is 0 Å². The van der Waals surface area contributed by atoms with E-state index in [0.29, 0.717) is 6.54 Å². The third-order valence-electron chi connectivity index (χ3n) is 2.06. The Morgan fingerprint density at radius 3 is 2.62 bits per heavy atom. The molecule has 0 heterocycles. The number of hydrogen-bond acceptors (Lipinski definition) is 2. The molecule has 0 aliphatic rings. The van der Waals surface area contributed by atoms with E-state index in [1.165, 1.54) is 4.90 Å². The third kappa shape index (κ3) is 5.36. The number of amides is 1. The van der Waals surface area contributed by atoms with Crippen LogP contribution in [0.5, 0.6) is 5.75 Å². The lowest BCUT2D eigenvalue weighted by atomic mass is 10.3. The minimum atomic E-state index is -0.0786. The Balaban J connectivity index is 2.16. The van der Waals surface area contributed by atoms with Gasteiger partial charge in [0.05, 0.1) is 27.2 Å². The monoisotopic (exact) mass is 223 g/mol. The molecule has 0 atom stereocenters. The minimum absolute atomic E-state index is 0.0762. The van der Waals surface area contributed by atoms with Gasteiger partial charge in [-0.05, 0) is 12.1 Å². The first-order valence-electron chi connectivity index (χ1n) is 5.42. The maximum atomic E-state index is 11.4. The molecule has 4 nitrogen and oxygen atoms in total. The number of carbonyl (C=O) groups is 1. The van der Waals surface area contributed by atoms with Gasteiger partial charge >= 0.3 is 0 Å². The van der Waals surface area contributed by atoms with E-state index in [2.05, 4.69) is 5.32 Å². The summed E-state index contributed by atoms with van der Waals surface area (Å²) in [6.45, 7) is 1.67. The molecule has 0 aliphatic carbocycles. The van der Waals surface area contributed by atoms with Crippen LogP contribution in [0.4, 0.5) is 0 Å². The van der Waals surface area contributed by atoms with Crippen molar-refractivity contribution in [3.63, 3.8) is 0 Å². The second-order valence-electron chi connectivity index (χ2n) is 3.91. The Morgan fingerprint density at radius 2 is 2.00 bits per heavy atom. The fraction of sp³-hybridized carbons (Fsp3) is 0.417. The summed E-state index contributed by atoms with van der Waals surface area (Å²) < 4.78 is 5.31. The van der Waals surface area contributed by atoms with E-state index in [4.69, 9.17) is 4.74 Å². The van der Waals surface area contributed by atoms with Crippen LogP contribution in [0.3, 0.4) is 0 Å². The highest BCUT2D eigenvalue weighted by Crippen LogP contribution is 2.07. The smallest absolute Gasteiger partial charge is 0.258 e. The highest BCUT2D eigenvalue weighted by molar-refractivity contribution is 5.77. The van der Waals surface area contributed by atoms with Gasteiger partial charge in [0.15, 0.2) is 6.61 Å². The first kappa shape index (κ1) is 12.5. The molecule has 0 saturated heterocycles. The van der Waals surface area contributed by atoms with E-state index in [-0.39, 0.29) is 12.5 Å². The number of para-hydroxylation sites is 1. The number of benzene rings is 1. The van der Waals surface area contributed by atoms with Crippen molar-refractivity contribution in [3.8, 4) is 5.75 Å². The van der Waals surface area contributed by atoms with Gasteiger partial charge in [-0.1, -0.05) is 18.2 Å². The summed E-state index contributed by atoms with van der Waals surface area (Å²) >= 11 is 0. The molecule has 0 aromatic heterocycles. The Kier molecular flexibility index (Phi) is 5.36. The van der Waals surface area contributed by atoms with E-state index < -0.39 is 0 Å². The van der Waals surface area contributed by atoms with Gasteiger partial charge in [-0.3, -0.25) is 4.79 Å². The number of quaternary nitrogens is 1. The van der Waals surface area contributed by atoms with Crippen LogP contribution in [0, 0.1) is 0 Å². The second-order valence-corrected chi connectivity index (χ2v) is 3.91. The molecule has 88 valence electrons. The van der Waals surface area contributed by atoms with Crippen molar-refractivity contribution in [1.82, 2.24) is 5.32 Å². The molecule has 0 fully saturated rings. The normalized spacial score (nSPS) is 10.2. The van der Waals surface area contributed by atoms with Crippen LogP contribution in [0.25, 0.3) is 0 Å². The van der Waals surface area contributed by atoms with Gasteiger partial charge in [-0.15, -0.1) is 0 Å². The summed E-state index contributed by atoms with van der Waals surface area (Å²) in [6, 6.07) is 9.33. The van der Waals surface area contributed by atoms with E-state index in [0.717, 1.165) is 12.3 Å². The van der Waals surface area contributed by atoms with E-state index in [9.17, 15) is 4.79 Å². The minimum Gasteiger partial charge on any atom is -0.484 e. The van der Waals surface area contributed by atoms with Crippen molar-refractivity contribution in [2.75, 3.05) is 33.8 Å². The van der Waals surface area contributed by atoms with Crippen molar-refractivity contribution in [2.45, 2.75) is 0 Å². The second kappa shape index (κ2) is 6.85. The zero-order chi connectivity index (χ0) is 11.8. The Bertz CT molecular complexity index is 312. The molecule has 0 bridgehead atoms. The van der Waals surface area contributed by atoms with E-state index in [1.54, 1.807) is 0 Å². The van der Waals surface area contributed by atoms with Crippen LogP contribution in [-0.2, 0) is 4.79 Å². The molecule has 1 aromatic rings. The van der Waals surface area contributed by atoms with Crippen LogP contribution in [-0.4, -0.2) is 39.7 Å². The zero-order valence-corrected chi connectivity index (χ0v) is 9.82. The molecular weight excluding hydrogens is 204 g/mol. The van der Waals surface area contributed by atoms with Crippen molar-refractivity contribution < 1.29 is 14.4 Å². The summed E-state index contributed by atoms with van der Waals surface area (Å²) in [5, 5.41) is 2.80. The molecule has 0 unspecified atom stereocenters. The topological polar surface area (TPSA) is 42.8 Å². The number of likely N-dealkylation sites (N-methyl/N-ethyl adjacent to an activating group) is 1. The van der Waals surface area contributed by atoms with Crippen molar-refractivity contribution in [3.05, 3.63) is 30.3 Å². The van der Waals surface area contributed by atoms with Crippen LogP contribution in [0.2, 0.25) is 0 Å². The maximum absolute atomic E-state index is 11.4. The number of hydrogen-bond donors (Lipinski definition) is 2. The van der Waals surface area contributed by atoms with Gasteiger partial charge in [0, 0.05) is 0 Å². The van der Waals surface area contributed by atoms with Crippen molar-refractivity contribution in [1.29, 1.82) is 0 Å². The Hall–Kier alpha value is -1.55. The summed E-state index contributed by atoms with van der Waals surface area (Å²) in [5.41, 5.74) is 0. The fourth-order valence-corrected chi connectivity index (χ4v) is 1.17. The first-order valence-corrected chi connectivity index (χ1v) is 5.42. The van der Waals surface area contributed by atoms with Crippen LogP contribution in [0.15, 0.2) is 30.3 Å². The average Bonchev–Trinajstić information content (AvgIpc) is 2.27. The van der Waals surface area contributed by atoms with Crippen LogP contribution in [0.1, 0.15) is 0 Å². The quantitative estimate of drug-likeness (QED) is 0.671. The predicted molar refractivity (Wildman–Crippen MR) is 62.6 cm³/mol. The molecule has 0 radical (unpaired) electrons. The molecule has 1 rings (SSSR count). The predicted octanol–water partition coefficient (Wildman–Crippen LogP) is -0.674. The maximum Gasteiger partial charge on any atom is 0.258 e. The van der Waals surface area contributed by atoms with Crippen LogP contribution < -0.4 is 15.0 Å². The lowest BCUT2D eigenvalue weighted by Gasteiger charge is -2.09. The van der Waals surface area contributed by atoms with Crippen molar-refractivity contribution in [2.24, 2.45) is 0 Å². The Labute approximate surface area is 96.2 Å². The molecule has 0 spiro atoms. The van der Waals surface area contributed by atoms with Gasteiger partial charge in [-0.2, -0.15) is 0 Å². The zero-order valence-electron chi connectivity index (χ0n) is 9.82. The first-order chi connectivity index (χ1) is 7.68. The van der Waals surface area contributed by atoms with Gasteiger partial charge < -0.3 is 15.0 Å². The number of nitrogens with one attached hydrogen (secondary N) is 2. The molecule has 1 aromatic carbocycles.